The van der Waals surface area contributed by atoms with Gasteiger partial charge in [0.2, 0.25) is 0 Å². The number of carboxylic acid groups (broad SMARTS) is 3. The second-order valence-corrected chi connectivity index (χ2v) is 43.4. The molecule has 0 saturated heterocycles. The molecule has 22 nitrogen and oxygen atoms in total. The Balaban J connectivity index is 0.000000219. The lowest BCUT2D eigenvalue weighted by atomic mass is 10.1. The Bertz CT molecular complexity index is 5940. The van der Waals surface area contributed by atoms with Gasteiger partial charge in [0.15, 0.2) is 0 Å². The first-order valence-electron chi connectivity index (χ1n) is 39.8. The van der Waals surface area contributed by atoms with Crippen LogP contribution in [0, 0.1) is 32.8 Å². The zero-order valence-corrected chi connectivity index (χ0v) is 96.9. The minimum atomic E-state index is -0.994. The molecule has 0 atom stereocenters. The number of rotatable bonds is 34. The van der Waals surface area contributed by atoms with Crippen LogP contribution >= 0.6 is 243 Å². The van der Waals surface area contributed by atoms with Crippen LogP contribution in [0.3, 0.4) is 0 Å². The van der Waals surface area contributed by atoms with Crippen molar-refractivity contribution in [2.45, 2.75) is 83.5 Å². The fourth-order valence-corrected chi connectivity index (χ4v) is 23.7. The van der Waals surface area contributed by atoms with E-state index in [4.69, 9.17) is 93.4 Å². The van der Waals surface area contributed by atoms with E-state index in [1.165, 1.54) is 43.6 Å². The summed E-state index contributed by atoms with van der Waals surface area (Å²) in [6, 6.07) is 76.6. The third kappa shape index (κ3) is 40.1. The number of carbonyl (C=O) groups is 3. The van der Waals surface area contributed by atoms with Crippen LogP contribution in [0.4, 0.5) is 0 Å². The van der Waals surface area contributed by atoms with Gasteiger partial charge in [0.1, 0.15) is 80.5 Å². The molecule has 0 amide bonds. The summed E-state index contributed by atoms with van der Waals surface area (Å²) in [6.07, 6.45) is 0.403. The Morgan fingerprint density at radius 1 is 0.299 bits per heavy atom. The molecule has 0 aromatic heterocycles. The van der Waals surface area contributed by atoms with E-state index in [-0.39, 0.29) is 29.2 Å². The van der Waals surface area contributed by atoms with Crippen molar-refractivity contribution in [3.8, 4) is 86.6 Å². The number of aliphatic hydroxyl groups is 1. The van der Waals surface area contributed by atoms with E-state index in [9.17, 15) is 24.6 Å². The number of methoxy groups -OCH3 is 14. The summed E-state index contributed by atoms with van der Waals surface area (Å²) in [6.45, 7) is 0.0281. The highest BCUT2D eigenvalue weighted by Gasteiger charge is 2.19. The van der Waals surface area contributed by atoms with Crippen molar-refractivity contribution in [3.63, 3.8) is 0 Å². The van der Waals surface area contributed by atoms with E-state index in [0.29, 0.717) is 34.3 Å². The van der Waals surface area contributed by atoms with Gasteiger partial charge in [-0.2, -0.15) is 5.26 Å². The fraction of sp³-hybridized carbons (Fsp3) is 0.180. The number of halogens is 8. The monoisotopic (exact) mass is 2740 g/mol. The van der Waals surface area contributed by atoms with Crippen LogP contribution in [0.1, 0.15) is 43.0 Å². The number of hydrogen-bond acceptors (Lipinski definition) is 26. The molecule has 137 heavy (non-hydrogen) atoms. The summed E-state index contributed by atoms with van der Waals surface area (Å²) in [5.74, 6) is 7.66. The molecule has 0 radical (unpaired) electrons. The van der Waals surface area contributed by atoms with Crippen LogP contribution in [0.15, 0.2) is 295 Å². The molecule has 13 rings (SSSR count). The highest BCUT2D eigenvalue weighted by atomic mass is 127. The van der Waals surface area contributed by atoms with Gasteiger partial charge in [-0.05, 0) is 328 Å². The molecule has 0 unspecified atom stereocenters. The minimum Gasteiger partial charge on any atom is -0.497 e. The van der Waals surface area contributed by atoms with Crippen LogP contribution in [-0.2, 0) is 29.6 Å². The number of hydrogen-bond donors (Lipinski definition) is 4. The third-order valence-electron chi connectivity index (χ3n) is 18.0. The minimum absolute atomic E-state index is 0.000354. The second kappa shape index (κ2) is 62.1. The van der Waals surface area contributed by atoms with Crippen LogP contribution < -0.4 is 66.3 Å². The van der Waals surface area contributed by atoms with Gasteiger partial charge in [0.05, 0.1) is 141 Å². The van der Waals surface area contributed by atoms with Gasteiger partial charge in [-0.25, -0.2) is 9.59 Å². The molecule has 0 bridgehead atoms. The Hall–Kier alpha value is -7.48. The molecule has 0 saturated carbocycles. The van der Waals surface area contributed by atoms with Crippen LogP contribution in [0.25, 0.3) is 0 Å². The van der Waals surface area contributed by atoms with Crippen molar-refractivity contribution in [3.05, 3.63) is 296 Å². The average Bonchev–Trinajstić information content (AvgIpc) is 0.842. The second-order valence-electron chi connectivity index (χ2n) is 27.1. The maximum atomic E-state index is 11.3. The Labute approximate surface area is 922 Å². The molecule has 722 valence electrons. The fourth-order valence-electron chi connectivity index (χ4n) is 11.3. The third-order valence-corrected chi connectivity index (χ3v) is 30.6. The molecule has 37 heteroatoms. The van der Waals surface area contributed by atoms with Crippen molar-refractivity contribution in [2.24, 2.45) is 0 Å². The molecular weight excluding hydrogens is 2650 g/mol. The first-order chi connectivity index (χ1) is 65.8. The molecule has 0 aliphatic rings. The molecule has 0 aliphatic carbocycles. The van der Waals surface area contributed by atoms with E-state index >= 15 is 0 Å². The quantitative estimate of drug-likeness (QED) is 0.0166. The molecule has 0 spiro atoms. The summed E-state index contributed by atoms with van der Waals surface area (Å²) < 4.78 is 80.3. The molecular formula is C100H93BrClI6NO21S7. The van der Waals surface area contributed by atoms with E-state index < -0.39 is 17.9 Å². The van der Waals surface area contributed by atoms with Crippen molar-refractivity contribution < 1.29 is 101 Å². The largest absolute Gasteiger partial charge is 0.497 e. The lowest BCUT2D eigenvalue weighted by molar-refractivity contribution is -0.136. The number of ether oxygens (including phenoxy) is 14. The molecule has 13 aromatic carbocycles. The van der Waals surface area contributed by atoms with E-state index in [1.54, 1.807) is 193 Å². The predicted molar refractivity (Wildman–Crippen MR) is 602 cm³/mol. The SMILES string of the molecule is COc1cc(OC)cc(SSc2cc(OC)cc(OC)c2)c1.COc1cc(OC)cc(Sc2cc(I)ccc2C(=O)O)c1.COc1cc(OC)cc(Sc2cc(I)ccc2CBr)c1.COc1cc(OC)cc(Sc2cc(I)ccc2CC#N)c1.COc1cc(OC)cc(Sc2cc(I)ccc2CC(=O)O)c1.COc1cc(OC)cc(Sc2cc(I)ccc2CO)c1.O=C(O)c1ccc(I)cc1Cl. The van der Waals surface area contributed by atoms with E-state index in [2.05, 4.69) is 188 Å². The molecule has 13 aromatic rings. The topological polar surface area (TPSA) is 285 Å². The average molecular weight is 2750 g/mol. The number of alkyl halides is 1. The van der Waals surface area contributed by atoms with Gasteiger partial charge in [-0.1, -0.05) is 132 Å². The lowest BCUT2D eigenvalue weighted by Crippen LogP contribution is -2.01. The van der Waals surface area contributed by atoms with Gasteiger partial charge < -0.3 is 86.7 Å². The van der Waals surface area contributed by atoms with Crippen molar-refractivity contribution in [1.29, 1.82) is 5.26 Å². The standard InChI is InChI=1S/C16H14INO2S.C16H15IO4S.C16H18O4S2.C15H14BrIO2S.C15H13IO4S.C15H15IO3S.C7H4ClIO2/c1-19-13-8-14(20-2)10-15(9-13)21-16-7-12(17)4-3-11(16)5-6-18;1-20-12-7-13(21-2)9-14(8-12)22-15-6-11(17)4-3-10(15)5-16(18)19;1-17-11-5-12(18-2)8-15(7-11)21-22-16-9-13(19-3)6-14(10-16)20-4;1-18-12-6-13(19-2)8-14(7-12)20-15-5-11(17)4-3-10(15)9-16;1-19-10-6-11(20-2)8-12(7-10)21-14-5-9(16)3-4-13(14)15(17)18;1-18-12-6-13(19-2)8-14(7-12)20-15-5-11(16)4-3-10(15)9-17;8-6-3-4(9)1-2-5(6)7(10)11/h3-4,7-10H,5H2,1-2H3;3-4,6-9H,5H2,1-2H3,(H,18,19);5-10H,1-4H3;3-8H,9H2,1-2H3;3-8H,1-2H3,(H,17,18);3-8,17H,9H2,1-2H3;1-3H,(H,10,11). The smallest absolute Gasteiger partial charge is 0.337 e. The molecule has 4 N–H and O–H groups in total. The maximum Gasteiger partial charge on any atom is 0.337 e. The van der Waals surface area contributed by atoms with Crippen molar-refractivity contribution >= 4 is 261 Å². The summed E-state index contributed by atoms with van der Waals surface area (Å²) in [4.78, 5) is 44.7. The number of aliphatic hydroxyl groups excluding tert-OH is 1. The maximum absolute atomic E-state index is 11.3. The highest BCUT2D eigenvalue weighted by molar-refractivity contribution is 14.1. The predicted octanol–water partition coefficient (Wildman–Crippen LogP) is 29.2. The summed E-state index contributed by atoms with van der Waals surface area (Å²) in [7, 11) is 26.0. The number of nitriles is 1. The Morgan fingerprint density at radius 2 is 0.518 bits per heavy atom. The first kappa shape index (κ1) is 116. The van der Waals surface area contributed by atoms with E-state index in [1.807, 2.05) is 164 Å². The van der Waals surface area contributed by atoms with Crippen molar-refractivity contribution in [2.75, 3.05) is 99.5 Å². The van der Waals surface area contributed by atoms with Gasteiger partial charge in [-0.3, -0.25) is 4.79 Å². The van der Waals surface area contributed by atoms with E-state index in [0.717, 1.165) is 146 Å². The number of aromatic carboxylic acids is 2. The van der Waals surface area contributed by atoms with Gasteiger partial charge in [-0.15, -0.1) is 0 Å². The van der Waals surface area contributed by atoms with Gasteiger partial charge in [0, 0.05) is 128 Å². The zero-order chi connectivity index (χ0) is 100. The number of nitrogens with zero attached hydrogens (tertiary/aromatic N) is 1. The normalized spacial score (nSPS) is 10.2. The van der Waals surface area contributed by atoms with Crippen LogP contribution in [0.5, 0.6) is 80.5 Å². The van der Waals surface area contributed by atoms with Crippen molar-refractivity contribution in [1.82, 2.24) is 0 Å². The molecule has 0 fully saturated rings. The highest BCUT2D eigenvalue weighted by Crippen LogP contribution is 2.46. The Morgan fingerprint density at radius 3 is 0.774 bits per heavy atom. The summed E-state index contributed by atoms with van der Waals surface area (Å²) in [5.41, 5.74) is 4.44. The van der Waals surface area contributed by atoms with Crippen LogP contribution in [-0.4, -0.2) is 138 Å². The zero-order valence-electron chi connectivity index (χ0n) is 75.9. The van der Waals surface area contributed by atoms with Gasteiger partial charge in [0.25, 0.3) is 0 Å². The number of aliphatic carboxylic acids is 1. The van der Waals surface area contributed by atoms with Crippen LogP contribution in [0.2, 0.25) is 5.02 Å². The summed E-state index contributed by atoms with van der Waals surface area (Å²) >= 11 is 30.3. The molecule has 0 heterocycles. The number of benzene rings is 13. The lowest BCUT2D eigenvalue weighted by Gasteiger charge is -2.11. The first-order valence-corrected chi connectivity index (χ1v) is 54.0. The molecule has 0 aliphatic heterocycles. The Kier molecular flexibility index (Phi) is 52.8. The van der Waals surface area contributed by atoms with Gasteiger partial charge >= 0.3 is 17.9 Å². The number of carboxylic acids is 3. The summed E-state index contributed by atoms with van der Waals surface area (Å²) in [5, 5.41) is 46.4.